The van der Waals surface area contributed by atoms with Gasteiger partial charge in [-0.2, -0.15) is 0 Å². The van der Waals surface area contributed by atoms with Crippen LogP contribution in [0.2, 0.25) is 0 Å². The zero-order valence-electron chi connectivity index (χ0n) is 17.9. The number of hydrogen-bond acceptors (Lipinski definition) is 4. The highest BCUT2D eigenvalue weighted by atomic mass is 16.2. The molecule has 28 heavy (non-hydrogen) atoms. The van der Waals surface area contributed by atoms with E-state index in [2.05, 4.69) is 34.2 Å². The summed E-state index contributed by atoms with van der Waals surface area (Å²) >= 11 is 0. The number of hydrogen-bond donors (Lipinski definition) is 1. The van der Waals surface area contributed by atoms with Gasteiger partial charge in [-0.15, -0.1) is 0 Å². The first-order valence-electron chi connectivity index (χ1n) is 10.4. The molecule has 0 aliphatic carbocycles. The highest BCUT2D eigenvalue weighted by Gasteiger charge is 2.17. The Morgan fingerprint density at radius 2 is 1.75 bits per heavy atom. The van der Waals surface area contributed by atoms with E-state index in [1.165, 1.54) is 18.5 Å². The summed E-state index contributed by atoms with van der Waals surface area (Å²) in [4.78, 5) is 30.3. The van der Waals surface area contributed by atoms with Crippen LogP contribution < -0.4 is 15.1 Å². The minimum atomic E-state index is -0.0417. The molecule has 0 unspecified atom stereocenters. The minimum Gasteiger partial charge on any atom is -0.372 e. The molecule has 0 bridgehead atoms. The SMILES string of the molecule is CC(=O)N(CCC(=O)NCCCN(C)C)c1ccc(N2CCC(C)CC2)cc1. The van der Waals surface area contributed by atoms with E-state index in [1.807, 2.05) is 26.2 Å². The van der Waals surface area contributed by atoms with Gasteiger partial charge in [0.25, 0.3) is 0 Å². The molecule has 1 aliphatic rings. The van der Waals surface area contributed by atoms with Crippen molar-refractivity contribution in [3.63, 3.8) is 0 Å². The van der Waals surface area contributed by atoms with Gasteiger partial charge in [0, 0.05) is 50.9 Å². The number of nitrogens with zero attached hydrogens (tertiary/aromatic N) is 3. The summed E-state index contributed by atoms with van der Waals surface area (Å²) in [7, 11) is 4.03. The number of nitrogens with one attached hydrogen (secondary N) is 1. The predicted molar refractivity (Wildman–Crippen MR) is 116 cm³/mol. The van der Waals surface area contributed by atoms with Crippen molar-refractivity contribution in [2.75, 3.05) is 56.6 Å². The lowest BCUT2D eigenvalue weighted by atomic mass is 9.99. The molecule has 1 heterocycles. The second-order valence-electron chi connectivity index (χ2n) is 8.11. The number of benzene rings is 1. The van der Waals surface area contributed by atoms with Crippen LogP contribution in [0.1, 0.15) is 39.5 Å². The fourth-order valence-electron chi connectivity index (χ4n) is 3.50. The Bertz CT molecular complexity index is 622. The van der Waals surface area contributed by atoms with E-state index in [1.54, 1.807) is 11.8 Å². The molecule has 0 saturated carbocycles. The van der Waals surface area contributed by atoms with Gasteiger partial charge >= 0.3 is 0 Å². The molecular formula is C22H36N4O2. The van der Waals surface area contributed by atoms with Crippen molar-refractivity contribution in [3.8, 4) is 0 Å². The molecule has 6 heteroatoms. The summed E-state index contributed by atoms with van der Waals surface area (Å²) in [6.45, 7) is 8.05. The summed E-state index contributed by atoms with van der Waals surface area (Å²) in [6.07, 6.45) is 3.69. The zero-order chi connectivity index (χ0) is 20.5. The van der Waals surface area contributed by atoms with Gasteiger partial charge in [-0.3, -0.25) is 9.59 Å². The quantitative estimate of drug-likeness (QED) is 0.661. The van der Waals surface area contributed by atoms with Crippen LogP contribution in [0.15, 0.2) is 24.3 Å². The molecule has 1 saturated heterocycles. The van der Waals surface area contributed by atoms with Crippen LogP contribution in [-0.4, -0.2) is 63.5 Å². The molecule has 0 radical (unpaired) electrons. The van der Waals surface area contributed by atoms with Crippen molar-refractivity contribution in [1.82, 2.24) is 10.2 Å². The molecule has 1 fully saturated rings. The number of carbonyl (C=O) groups excluding carboxylic acids is 2. The van der Waals surface area contributed by atoms with Crippen molar-refractivity contribution in [1.29, 1.82) is 0 Å². The monoisotopic (exact) mass is 388 g/mol. The number of piperidine rings is 1. The second kappa shape index (κ2) is 11.1. The highest BCUT2D eigenvalue weighted by molar-refractivity contribution is 5.92. The first kappa shape index (κ1) is 22.2. The van der Waals surface area contributed by atoms with Gasteiger partial charge < -0.3 is 20.0 Å². The Labute approximate surface area is 169 Å². The van der Waals surface area contributed by atoms with Gasteiger partial charge in [0.05, 0.1) is 0 Å². The van der Waals surface area contributed by atoms with Crippen LogP contribution >= 0.6 is 0 Å². The third kappa shape index (κ3) is 7.15. The van der Waals surface area contributed by atoms with Crippen molar-refractivity contribution < 1.29 is 9.59 Å². The molecule has 2 rings (SSSR count). The maximum absolute atomic E-state index is 12.1. The Hall–Kier alpha value is -2.08. The number of anilines is 2. The van der Waals surface area contributed by atoms with Gasteiger partial charge in [0.2, 0.25) is 11.8 Å². The lowest BCUT2D eigenvalue weighted by molar-refractivity contribution is -0.121. The van der Waals surface area contributed by atoms with Gasteiger partial charge in [-0.25, -0.2) is 0 Å². The lowest BCUT2D eigenvalue weighted by Crippen LogP contribution is -2.35. The Balaban J connectivity index is 1.85. The Morgan fingerprint density at radius 3 is 2.32 bits per heavy atom. The summed E-state index contributed by atoms with van der Waals surface area (Å²) < 4.78 is 0. The third-order valence-corrected chi connectivity index (χ3v) is 5.36. The fraction of sp³-hybridized carbons (Fsp3) is 0.636. The van der Waals surface area contributed by atoms with E-state index in [-0.39, 0.29) is 11.8 Å². The van der Waals surface area contributed by atoms with Gasteiger partial charge in [0.15, 0.2) is 0 Å². The molecule has 0 aromatic heterocycles. The maximum Gasteiger partial charge on any atom is 0.223 e. The van der Waals surface area contributed by atoms with Crippen LogP contribution in [0.5, 0.6) is 0 Å². The second-order valence-corrected chi connectivity index (χ2v) is 8.11. The van der Waals surface area contributed by atoms with E-state index in [0.717, 1.165) is 37.7 Å². The molecule has 2 amide bonds. The van der Waals surface area contributed by atoms with Crippen LogP contribution in [0.3, 0.4) is 0 Å². The molecule has 0 spiro atoms. The van der Waals surface area contributed by atoms with E-state index >= 15 is 0 Å². The van der Waals surface area contributed by atoms with Crippen LogP contribution in [0.25, 0.3) is 0 Å². The lowest BCUT2D eigenvalue weighted by Gasteiger charge is -2.32. The summed E-state index contributed by atoms with van der Waals surface area (Å²) in [5.41, 5.74) is 2.06. The standard InChI is InChI=1S/C22H36N4O2/c1-18-10-15-25(16-11-18)20-6-8-21(9-7-20)26(19(2)27)17-12-22(28)23-13-5-14-24(3)4/h6-9,18H,5,10-17H2,1-4H3,(H,23,28). The first-order valence-corrected chi connectivity index (χ1v) is 10.4. The van der Waals surface area contributed by atoms with Crippen LogP contribution in [0, 0.1) is 5.92 Å². The summed E-state index contributed by atoms with van der Waals surface area (Å²) in [5.74, 6) is 0.752. The van der Waals surface area contributed by atoms with E-state index in [0.29, 0.717) is 19.5 Å². The highest BCUT2D eigenvalue weighted by Crippen LogP contribution is 2.25. The van der Waals surface area contributed by atoms with Crippen molar-refractivity contribution in [3.05, 3.63) is 24.3 Å². The van der Waals surface area contributed by atoms with E-state index < -0.39 is 0 Å². The predicted octanol–water partition coefficient (Wildman–Crippen LogP) is 2.73. The topological polar surface area (TPSA) is 55.9 Å². The van der Waals surface area contributed by atoms with Gasteiger partial charge in [-0.05, 0) is 70.1 Å². The molecule has 1 aromatic rings. The summed E-state index contributed by atoms with van der Waals surface area (Å²) in [6, 6.07) is 8.15. The average molecular weight is 389 g/mol. The normalized spacial score (nSPS) is 15.0. The van der Waals surface area contributed by atoms with Crippen molar-refractivity contribution in [2.45, 2.75) is 39.5 Å². The summed E-state index contributed by atoms with van der Waals surface area (Å²) in [5, 5.41) is 2.93. The molecule has 1 aliphatic heterocycles. The number of rotatable bonds is 9. The molecule has 1 N–H and O–H groups in total. The molecule has 6 nitrogen and oxygen atoms in total. The van der Waals surface area contributed by atoms with E-state index in [9.17, 15) is 9.59 Å². The molecular weight excluding hydrogens is 352 g/mol. The van der Waals surface area contributed by atoms with Gasteiger partial charge in [-0.1, -0.05) is 6.92 Å². The average Bonchev–Trinajstić information content (AvgIpc) is 2.66. The largest absolute Gasteiger partial charge is 0.372 e. The molecule has 1 aromatic carbocycles. The molecule has 156 valence electrons. The van der Waals surface area contributed by atoms with Crippen molar-refractivity contribution >= 4 is 23.2 Å². The van der Waals surface area contributed by atoms with Gasteiger partial charge in [0.1, 0.15) is 0 Å². The smallest absolute Gasteiger partial charge is 0.223 e. The first-order chi connectivity index (χ1) is 13.4. The number of carbonyl (C=O) groups is 2. The van der Waals surface area contributed by atoms with Crippen LogP contribution in [-0.2, 0) is 9.59 Å². The van der Waals surface area contributed by atoms with Crippen LogP contribution in [0.4, 0.5) is 11.4 Å². The van der Waals surface area contributed by atoms with E-state index in [4.69, 9.17) is 0 Å². The Morgan fingerprint density at radius 1 is 1.11 bits per heavy atom. The maximum atomic E-state index is 12.1. The minimum absolute atomic E-state index is 0.0101. The Kier molecular flexibility index (Phi) is 8.77. The fourth-order valence-corrected chi connectivity index (χ4v) is 3.50. The zero-order valence-corrected chi connectivity index (χ0v) is 17.9. The third-order valence-electron chi connectivity index (χ3n) is 5.36. The number of amides is 2. The van der Waals surface area contributed by atoms with Crippen molar-refractivity contribution in [2.24, 2.45) is 5.92 Å². The molecule has 0 atom stereocenters.